The molecule has 0 aromatic heterocycles. The fraction of sp³-hybridized carbons (Fsp3) is 0.222. The highest BCUT2D eigenvalue weighted by Gasteiger charge is 2.13. The summed E-state index contributed by atoms with van der Waals surface area (Å²) in [5.41, 5.74) is 1.32. The standard InChI is InChI=1S/C18H15ClFNO2/c1-2-3-8-23-18(22)13-6-7-16(19)15(9-13)12-4-5-14(11-21)17(20)10-12/h4-7,9-10H,2-3,8H2,1H3. The van der Waals surface area contributed by atoms with Crippen LogP contribution in [0.25, 0.3) is 11.1 Å². The van der Waals surface area contributed by atoms with Gasteiger partial charge in [0.1, 0.15) is 11.9 Å². The van der Waals surface area contributed by atoms with Crippen LogP contribution < -0.4 is 0 Å². The topological polar surface area (TPSA) is 50.1 Å². The Labute approximate surface area is 139 Å². The smallest absolute Gasteiger partial charge is 0.338 e. The van der Waals surface area contributed by atoms with Gasteiger partial charge in [-0.3, -0.25) is 0 Å². The van der Waals surface area contributed by atoms with E-state index < -0.39 is 11.8 Å². The lowest BCUT2D eigenvalue weighted by Gasteiger charge is -2.09. The number of rotatable bonds is 5. The van der Waals surface area contributed by atoms with E-state index in [4.69, 9.17) is 21.6 Å². The molecule has 2 aromatic rings. The van der Waals surface area contributed by atoms with Crippen molar-refractivity contribution in [1.29, 1.82) is 5.26 Å². The zero-order valence-corrected chi connectivity index (χ0v) is 13.4. The van der Waals surface area contributed by atoms with E-state index in [0.29, 0.717) is 28.3 Å². The summed E-state index contributed by atoms with van der Waals surface area (Å²) in [6.45, 7) is 2.37. The molecule has 2 aromatic carbocycles. The third-order valence-corrected chi connectivity index (χ3v) is 3.66. The highest BCUT2D eigenvalue weighted by molar-refractivity contribution is 6.33. The number of carbonyl (C=O) groups excluding carboxylic acids is 1. The van der Waals surface area contributed by atoms with Crippen molar-refractivity contribution < 1.29 is 13.9 Å². The number of nitriles is 1. The van der Waals surface area contributed by atoms with Gasteiger partial charge < -0.3 is 4.74 Å². The summed E-state index contributed by atoms with van der Waals surface area (Å²) in [7, 11) is 0. The number of ether oxygens (including phenoxy) is 1. The molecule has 0 saturated carbocycles. The van der Waals surface area contributed by atoms with E-state index in [9.17, 15) is 9.18 Å². The van der Waals surface area contributed by atoms with Crippen LogP contribution in [0.4, 0.5) is 4.39 Å². The molecule has 5 heteroatoms. The first kappa shape index (κ1) is 17.0. The van der Waals surface area contributed by atoms with E-state index in [2.05, 4.69) is 0 Å². The molecule has 0 aliphatic carbocycles. The van der Waals surface area contributed by atoms with Crippen molar-refractivity contribution in [1.82, 2.24) is 0 Å². The van der Waals surface area contributed by atoms with Crippen LogP contribution in [0.2, 0.25) is 5.02 Å². The van der Waals surface area contributed by atoms with E-state index in [0.717, 1.165) is 12.8 Å². The van der Waals surface area contributed by atoms with E-state index in [1.807, 2.05) is 6.92 Å². The molecule has 0 radical (unpaired) electrons. The highest BCUT2D eigenvalue weighted by Crippen LogP contribution is 2.30. The van der Waals surface area contributed by atoms with Crippen LogP contribution in [-0.2, 0) is 4.74 Å². The van der Waals surface area contributed by atoms with E-state index in [1.165, 1.54) is 12.1 Å². The van der Waals surface area contributed by atoms with Gasteiger partial charge in [-0.2, -0.15) is 5.26 Å². The van der Waals surface area contributed by atoms with E-state index >= 15 is 0 Å². The van der Waals surface area contributed by atoms with Crippen molar-refractivity contribution in [2.45, 2.75) is 19.8 Å². The van der Waals surface area contributed by atoms with Crippen LogP contribution in [0.15, 0.2) is 36.4 Å². The van der Waals surface area contributed by atoms with Crippen molar-refractivity contribution in [3.05, 3.63) is 58.4 Å². The SMILES string of the molecule is CCCCOC(=O)c1ccc(Cl)c(-c2ccc(C#N)c(F)c2)c1. The first-order valence-electron chi connectivity index (χ1n) is 7.23. The van der Waals surface area contributed by atoms with E-state index in [1.54, 1.807) is 30.3 Å². The summed E-state index contributed by atoms with van der Waals surface area (Å²) in [5, 5.41) is 9.17. The maximum atomic E-state index is 13.8. The monoisotopic (exact) mass is 331 g/mol. The molecule has 0 atom stereocenters. The molecule has 0 N–H and O–H groups in total. The summed E-state index contributed by atoms with van der Waals surface area (Å²) in [6.07, 6.45) is 1.73. The summed E-state index contributed by atoms with van der Waals surface area (Å²) in [4.78, 5) is 12.0. The summed E-state index contributed by atoms with van der Waals surface area (Å²) < 4.78 is 18.9. The van der Waals surface area contributed by atoms with Crippen molar-refractivity contribution in [2.75, 3.05) is 6.61 Å². The van der Waals surface area contributed by atoms with Gasteiger partial charge in [-0.1, -0.05) is 31.0 Å². The third-order valence-electron chi connectivity index (χ3n) is 3.33. The highest BCUT2D eigenvalue weighted by atomic mass is 35.5. The lowest BCUT2D eigenvalue weighted by atomic mass is 10.0. The zero-order chi connectivity index (χ0) is 16.8. The third kappa shape index (κ3) is 4.08. The number of esters is 1. The lowest BCUT2D eigenvalue weighted by molar-refractivity contribution is 0.0500. The molecule has 118 valence electrons. The fourth-order valence-electron chi connectivity index (χ4n) is 2.04. The maximum Gasteiger partial charge on any atom is 0.338 e. The molecule has 0 unspecified atom stereocenters. The molecule has 0 saturated heterocycles. The van der Waals surface area contributed by atoms with Crippen LogP contribution in [0, 0.1) is 17.1 Å². The fourth-order valence-corrected chi connectivity index (χ4v) is 2.27. The number of unbranched alkanes of at least 4 members (excludes halogenated alkanes) is 1. The molecule has 23 heavy (non-hydrogen) atoms. The molecule has 3 nitrogen and oxygen atoms in total. The quantitative estimate of drug-likeness (QED) is 0.573. The Balaban J connectivity index is 2.32. The molecular weight excluding hydrogens is 317 g/mol. The summed E-state index contributed by atoms with van der Waals surface area (Å²) in [5.74, 6) is -1.07. The van der Waals surface area contributed by atoms with Crippen molar-refractivity contribution >= 4 is 17.6 Å². The number of nitrogens with zero attached hydrogens (tertiary/aromatic N) is 1. The first-order valence-corrected chi connectivity index (χ1v) is 7.61. The second kappa shape index (κ2) is 7.75. The minimum absolute atomic E-state index is 0.0417. The Morgan fingerprint density at radius 1 is 1.30 bits per heavy atom. The van der Waals surface area contributed by atoms with Crippen LogP contribution in [0.1, 0.15) is 35.7 Å². The van der Waals surface area contributed by atoms with E-state index in [-0.39, 0.29) is 5.56 Å². The number of hydrogen-bond donors (Lipinski definition) is 0. The normalized spacial score (nSPS) is 10.2. The Morgan fingerprint density at radius 3 is 2.74 bits per heavy atom. The molecule has 0 aliphatic rings. The van der Waals surface area contributed by atoms with Gasteiger partial charge in [0.15, 0.2) is 0 Å². The Bertz CT molecular complexity index is 768. The summed E-state index contributed by atoms with van der Waals surface area (Å²) in [6, 6.07) is 10.7. The molecule has 0 heterocycles. The lowest BCUT2D eigenvalue weighted by Crippen LogP contribution is -2.06. The van der Waals surface area contributed by atoms with Gasteiger partial charge >= 0.3 is 5.97 Å². The average molecular weight is 332 g/mol. The summed E-state index contributed by atoms with van der Waals surface area (Å²) >= 11 is 6.15. The molecule has 0 spiro atoms. The molecule has 0 fully saturated rings. The van der Waals surface area contributed by atoms with Gasteiger partial charge in [-0.25, -0.2) is 9.18 Å². The van der Waals surface area contributed by atoms with Crippen LogP contribution >= 0.6 is 11.6 Å². The second-order valence-corrected chi connectivity index (χ2v) is 5.40. The van der Waals surface area contributed by atoms with Gasteiger partial charge in [0.05, 0.1) is 17.7 Å². The van der Waals surface area contributed by atoms with Gasteiger partial charge in [0.2, 0.25) is 0 Å². The number of hydrogen-bond acceptors (Lipinski definition) is 3. The second-order valence-electron chi connectivity index (χ2n) is 4.99. The number of benzene rings is 2. The number of carbonyl (C=O) groups is 1. The minimum atomic E-state index is -0.628. The Morgan fingerprint density at radius 2 is 2.09 bits per heavy atom. The Kier molecular flexibility index (Phi) is 5.72. The zero-order valence-electron chi connectivity index (χ0n) is 12.6. The molecule has 0 amide bonds. The van der Waals surface area contributed by atoms with Crippen molar-refractivity contribution in [2.24, 2.45) is 0 Å². The average Bonchev–Trinajstić information content (AvgIpc) is 2.55. The molecule has 0 aliphatic heterocycles. The molecule has 0 bridgehead atoms. The maximum absolute atomic E-state index is 13.8. The van der Waals surface area contributed by atoms with Gasteiger partial charge in [0.25, 0.3) is 0 Å². The largest absolute Gasteiger partial charge is 0.462 e. The predicted octanol–water partition coefficient (Wildman–Crippen LogP) is 4.97. The van der Waals surface area contributed by atoms with Crippen LogP contribution in [0.5, 0.6) is 0 Å². The number of halogens is 2. The van der Waals surface area contributed by atoms with Crippen LogP contribution in [0.3, 0.4) is 0 Å². The minimum Gasteiger partial charge on any atom is -0.462 e. The Hall–Kier alpha value is -2.38. The van der Waals surface area contributed by atoms with Crippen molar-refractivity contribution in [3.63, 3.8) is 0 Å². The molecule has 2 rings (SSSR count). The predicted molar refractivity (Wildman–Crippen MR) is 86.8 cm³/mol. The van der Waals surface area contributed by atoms with Gasteiger partial charge in [-0.05, 0) is 42.3 Å². The first-order chi connectivity index (χ1) is 11.1. The van der Waals surface area contributed by atoms with Crippen LogP contribution in [-0.4, -0.2) is 12.6 Å². The van der Waals surface area contributed by atoms with Crippen molar-refractivity contribution in [3.8, 4) is 17.2 Å². The molecular formula is C18H15ClFNO2. The van der Waals surface area contributed by atoms with Gasteiger partial charge in [-0.15, -0.1) is 0 Å². The van der Waals surface area contributed by atoms with Gasteiger partial charge in [0, 0.05) is 10.6 Å².